The van der Waals surface area contributed by atoms with Crippen molar-refractivity contribution in [2.24, 2.45) is 11.7 Å². The maximum atomic E-state index is 12.0. The van der Waals surface area contributed by atoms with Crippen LogP contribution in [0.3, 0.4) is 0 Å². The molecule has 5 N–H and O–H groups in total. The van der Waals surface area contributed by atoms with Gasteiger partial charge in [0.2, 0.25) is 5.91 Å². The Balaban J connectivity index is 1.91. The topological polar surface area (TPSA) is 91.1 Å². The summed E-state index contributed by atoms with van der Waals surface area (Å²) in [6.07, 6.45) is 3.09. The summed E-state index contributed by atoms with van der Waals surface area (Å²) in [5.41, 5.74) is 8.09. The summed E-state index contributed by atoms with van der Waals surface area (Å²) in [6.45, 7) is 2.67. The summed E-state index contributed by atoms with van der Waals surface area (Å²) in [6, 6.07) is 7.40. The standard InChI is InChI=1S/C16H23N3O2/c1-11(6-7-20)9-19-16(21)14(17)8-12-10-18-15-5-3-2-4-13(12)15/h2-5,10-11,14,18,20H,6-9,17H2,1H3,(H,19,21). The van der Waals surface area contributed by atoms with Gasteiger partial charge in [0, 0.05) is 30.3 Å². The Hall–Kier alpha value is -1.85. The number of amides is 1. The Morgan fingerprint density at radius 1 is 1.43 bits per heavy atom. The highest BCUT2D eigenvalue weighted by Crippen LogP contribution is 2.18. The zero-order valence-corrected chi connectivity index (χ0v) is 12.3. The number of nitrogens with one attached hydrogen (secondary N) is 2. The molecule has 1 aromatic heterocycles. The van der Waals surface area contributed by atoms with Crippen LogP contribution in [-0.4, -0.2) is 35.2 Å². The number of para-hydroxylation sites is 1. The van der Waals surface area contributed by atoms with Crippen molar-refractivity contribution in [3.63, 3.8) is 0 Å². The van der Waals surface area contributed by atoms with Gasteiger partial charge in [0.25, 0.3) is 0 Å². The second-order valence-corrected chi connectivity index (χ2v) is 5.53. The summed E-state index contributed by atoms with van der Waals surface area (Å²) in [4.78, 5) is 15.2. The molecule has 0 saturated carbocycles. The van der Waals surface area contributed by atoms with Crippen LogP contribution in [0, 0.1) is 5.92 Å². The molecule has 0 saturated heterocycles. The van der Waals surface area contributed by atoms with E-state index in [1.54, 1.807) is 0 Å². The van der Waals surface area contributed by atoms with E-state index >= 15 is 0 Å². The van der Waals surface area contributed by atoms with E-state index in [2.05, 4.69) is 10.3 Å². The lowest BCUT2D eigenvalue weighted by molar-refractivity contribution is -0.122. The summed E-state index contributed by atoms with van der Waals surface area (Å²) < 4.78 is 0. The monoisotopic (exact) mass is 289 g/mol. The number of aromatic nitrogens is 1. The Morgan fingerprint density at radius 3 is 2.95 bits per heavy atom. The van der Waals surface area contributed by atoms with Gasteiger partial charge in [-0.1, -0.05) is 25.1 Å². The molecule has 5 heteroatoms. The first-order chi connectivity index (χ1) is 10.1. The van der Waals surface area contributed by atoms with Crippen LogP contribution in [0.1, 0.15) is 18.9 Å². The molecule has 0 aliphatic carbocycles. The number of hydrogen-bond donors (Lipinski definition) is 4. The molecule has 0 bridgehead atoms. The highest BCUT2D eigenvalue weighted by Gasteiger charge is 2.16. The molecule has 2 rings (SSSR count). The van der Waals surface area contributed by atoms with Crippen molar-refractivity contribution in [2.45, 2.75) is 25.8 Å². The molecule has 0 fully saturated rings. The fourth-order valence-electron chi connectivity index (χ4n) is 2.36. The van der Waals surface area contributed by atoms with Gasteiger partial charge in [-0.3, -0.25) is 4.79 Å². The van der Waals surface area contributed by atoms with Gasteiger partial charge in [0.05, 0.1) is 6.04 Å². The van der Waals surface area contributed by atoms with Crippen molar-refractivity contribution >= 4 is 16.8 Å². The van der Waals surface area contributed by atoms with Crippen molar-refractivity contribution in [1.29, 1.82) is 0 Å². The predicted octanol–water partition coefficient (Wildman–Crippen LogP) is 1.17. The quantitative estimate of drug-likeness (QED) is 0.616. The first-order valence-corrected chi connectivity index (χ1v) is 7.31. The van der Waals surface area contributed by atoms with Gasteiger partial charge in [0.15, 0.2) is 0 Å². The van der Waals surface area contributed by atoms with E-state index in [0.29, 0.717) is 19.4 Å². The third-order valence-electron chi connectivity index (χ3n) is 3.70. The average molecular weight is 289 g/mol. The molecule has 2 aromatic rings. The Morgan fingerprint density at radius 2 is 2.19 bits per heavy atom. The van der Waals surface area contributed by atoms with Gasteiger partial charge < -0.3 is 21.1 Å². The van der Waals surface area contributed by atoms with Gasteiger partial charge in [-0.2, -0.15) is 0 Å². The second kappa shape index (κ2) is 7.24. The number of benzene rings is 1. The number of aliphatic hydroxyl groups excluding tert-OH is 1. The smallest absolute Gasteiger partial charge is 0.237 e. The highest BCUT2D eigenvalue weighted by molar-refractivity contribution is 5.86. The minimum atomic E-state index is -0.564. The summed E-state index contributed by atoms with van der Waals surface area (Å²) in [7, 11) is 0. The van der Waals surface area contributed by atoms with Crippen LogP contribution in [0.4, 0.5) is 0 Å². The molecule has 0 aliphatic heterocycles. The van der Waals surface area contributed by atoms with Crippen molar-refractivity contribution in [1.82, 2.24) is 10.3 Å². The van der Waals surface area contributed by atoms with E-state index in [1.807, 2.05) is 37.4 Å². The van der Waals surface area contributed by atoms with E-state index in [1.165, 1.54) is 0 Å². The number of aliphatic hydroxyl groups is 1. The molecule has 0 aliphatic rings. The summed E-state index contributed by atoms with van der Waals surface area (Å²) in [5.74, 6) is 0.101. The molecule has 1 aromatic carbocycles. The number of carbonyl (C=O) groups excluding carboxylic acids is 1. The van der Waals surface area contributed by atoms with Crippen LogP contribution in [0.25, 0.3) is 10.9 Å². The Bertz CT molecular complexity index is 594. The molecule has 0 radical (unpaired) electrons. The fraction of sp³-hybridized carbons (Fsp3) is 0.438. The van der Waals surface area contributed by atoms with Gasteiger partial charge in [-0.15, -0.1) is 0 Å². The molecule has 1 amide bonds. The summed E-state index contributed by atoms with van der Waals surface area (Å²) in [5, 5.41) is 12.8. The normalized spacial score (nSPS) is 14.0. The lowest BCUT2D eigenvalue weighted by atomic mass is 10.0. The van der Waals surface area contributed by atoms with Crippen molar-refractivity contribution < 1.29 is 9.90 Å². The molecule has 0 spiro atoms. The van der Waals surface area contributed by atoms with Crippen LogP contribution in [-0.2, 0) is 11.2 Å². The molecular weight excluding hydrogens is 266 g/mol. The zero-order valence-electron chi connectivity index (χ0n) is 12.3. The SMILES string of the molecule is CC(CCO)CNC(=O)C(N)Cc1c[nH]c2ccccc12. The minimum absolute atomic E-state index is 0.137. The maximum absolute atomic E-state index is 12.0. The number of carbonyl (C=O) groups is 1. The fourth-order valence-corrected chi connectivity index (χ4v) is 2.36. The number of H-pyrrole nitrogens is 1. The van der Waals surface area contributed by atoms with Gasteiger partial charge >= 0.3 is 0 Å². The molecule has 21 heavy (non-hydrogen) atoms. The first-order valence-electron chi connectivity index (χ1n) is 7.31. The maximum Gasteiger partial charge on any atom is 0.237 e. The van der Waals surface area contributed by atoms with Crippen LogP contribution in [0.2, 0.25) is 0 Å². The van der Waals surface area contributed by atoms with Gasteiger partial charge in [0.1, 0.15) is 0 Å². The van der Waals surface area contributed by atoms with Crippen LogP contribution in [0.15, 0.2) is 30.5 Å². The number of aromatic amines is 1. The number of fused-ring (bicyclic) bond motifs is 1. The van der Waals surface area contributed by atoms with E-state index in [9.17, 15) is 4.79 Å². The predicted molar refractivity (Wildman–Crippen MR) is 83.9 cm³/mol. The second-order valence-electron chi connectivity index (χ2n) is 5.53. The van der Waals surface area contributed by atoms with E-state index in [-0.39, 0.29) is 18.4 Å². The van der Waals surface area contributed by atoms with E-state index in [0.717, 1.165) is 16.5 Å². The average Bonchev–Trinajstić information content (AvgIpc) is 2.88. The third-order valence-corrected chi connectivity index (χ3v) is 3.70. The minimum Gasteiger partial charge on any atom is -0.396 e. The number of nitrogens with two attached hydrogens (primary N) is 1. The lowest BCUT2D eigenvalue weighted by Gasteiger charge is -2.15. The lowest BCUT2D eigenvalue weighted by Crippen LogP contribution is -2.43. The Labute approximate surface area is 124 Å². The van der Waals surface area contributed by atoms with Crippen LogP contribution >= 0.6 is 0 Å². The van der Waals surface area contributed by atoms with E-state index < -0.39 is 6.04 Å². The molecule has 114 valence electrons. The highest BCUT2D eigenvalue weighted by atomic mass is 16.3. The number of hydrogen-bond acceptors (Lipinski definition) is 3. The van der Waals surface area contributed by atoms with Crippen LogP contribution < -0.4 is 11.1 Å². The summed E-state index contributed by atoms with van der Waals surface area (Å²) >= 11 is 0. The molecule has 1 heterocycles. The third kappa shape index (κ3) is 4.06. The molecule has 2 atom stereocenters. The molecule has 2 unspecified atom stereocenters. The van der Waals surface area contributed by atoms with Crippen molar-refractivity contribution in [3.05, 3.63) is 36.0 Å². The largest absolute Gasteiger partial charge is 0.396 e. The van der Waals surface area contributed by atoms with Crippen molar-refractivity contribution in [3.8, 4) is 0 Å². The van der Waals surface area contributed by atoms with E-state index in [4.69, 9.17) is 10.8 Å². The van der Waals surface area contributed by atoms with Crippen molar-refractivity contribution in [2.75, 3.05) is 13.2 Å². The van der Waals surface area contributed by atoms with Crippen LogP contribution in [0.5, 0.6) is 0 Å². The molecule has 5 nitrogen and oxygen atoms in total. The Kier molecular flexibility index (Phi) is 5.36. The van der Waals surface area contributed by atoms with Gasteiger partial charge in [-0.05, 0) is 30.4 Å². The zero-order chi connectivity index (χ0) is 15.2. The number of rotatable bonds is 7. The van der Waals surface area contributed by atoms with Gasteiger partial charge in [-0.25, -0.2) is 0 Å². The first kappa shape index (κ1) is 15.5. The molecular formula is C16H23N3O2.